The summed E-state index contributed by atoms with van der Waals surface area (Å²) in [5.74, 6) is 0. The molecule has 0 aromatic carbocycles. The first-order chi connectivity index (χ1) is 9.69. The molecule has 118 valence electrons. The van der Waals surface area contributed by atoms with E-state index in [4.69, 9.17) is 16.3 Å². The van der Waals surface area contributed by atoms with E-state index in [-0.39, 0.29) is 10.4 Å². The summed E-state index contributed by atoms with van der Waals surface area (Å²) in [4.78, 5) is 27.7. The third kappa shape index (κ3) is 7.15. The largest absolute Gasteiger partial charge is 0.444 e. The molecule has 1 N–H and O–H groups in total. The molecule has 0 saturated heterocycles. The molecule has 5 nitrogen and oxygen atoms in total. The van der Waals surface area contributed by atoms with E-state index >= 15 is 0 Å². The van der Waals surface area contributed by atoms with Gasteiger partial charge in [-0.2, -0.15) is 0 Å². The number of ether oxygens (including phenoxy) is 1. The normalized spacial score (nSPS) is 12.8. The van der Waals surface area contributed by atoms with Crippen LogP contribution in [0.4, 0.5) is 4.79 Å². The number of aromatic nitrogens is 1. The van der Waals surface area contributed by atoms with Crippen molar-refractivity contribution in [3.05, 3.63) is 15.5 Å². The molecular formula is C13H19ClN2O3S2. The van der Waals surface area contributed by atoms with Crippen molar-refractivity contribution in [2.45, 2.75) is 45.0 Å². The van der Waals surface area contributed by atoms with Crippen LogP contribution < -0.4 is 5.32 Å². The van der Waals surface area contributed by atoms with E-state index in [0.717, 1.165) is 4.88 Å². The third-order valence-corrected chi connectivity index (χ3v) is 4.82. The second-order valence-corrected chi connectivity index (χ2v) is 7.95. The average Bonchev–Trinajstić information content (AvgIpc) is 2.71. The van der Waals surface area contributed by atoms with Crippen molar-refractivity contribution in [3.63, 3.8) is 0 Å². The first-order valence-electron chi connectivity index (χ1n) is 6.42. The Labute approximate surface area is 137 Å². The van der Waals surface area contributed by atoms with Gasteiger partial charge in [-0.15, -0.1) is 11.3 Å². The first kappa shape index (κ1) is 18.3. The number of hydrogen-bond donors (Lipinski definition) is 1. The highest BCUT2D eigenvalue weighted by atomic mass is 35.5. The summed E-state index contributed by atoms with van der Waals surface area (Å²) < 4.78 is 5.16. The van der Waals surface area contributed by atoms with Crippen molar-refractivity contribution >= 4 is 45.9 Å². The topological polar surface area (TPSA) is 68.3 Å². The fourth-order valence-corrected chi connectivity index (χ4v) is 3.81. The van der Waals surface area contributed by atoms with E-state index in [1.807, 2.05) is 0 Å². The van der Waals surface area contributed by atoms with Crippen LogP contribution in [0.1, 0.15) is 44.2 Å². The number of amides is 1. The van der Waals surface area contributed by atoms with Gasteiger partial charge in [-0.1, -0.05) is 23.4 Å². The SMILES string of the molecule is CC(=O)SC(CCNC(=O)OC(C)(C)C)c1scnc1Cl. The molecule has 0 bridgehead atoms. The van der Waals surface area contributed by atoms with E-state index in [0.29, 0.717) is 18.1 Å². The number of halogens is 1. The number of nitrogens with one attached hydrogen (secondary N) is 1. The minimum Gasteiger partial charge on any atom is -0.444 e. The van der Waals surface area contributed by atoms with Gasteiger partial charge < -0.3 is 10.1 Å². The number of rotatable bonds is 5. The monoisotopic (exact) mass is 350 g/mol. The molecule has 1 heterocycles. The van der Waals surface area contributed by atoms with Crippen LogP contribution in [0.25, 0.3) is 0 Å². The van der Waals surface area contributed by atoms with E-state index in [1.165, 1.54) is 30.0 Å². The molecule has 0 spiro atoms. The minimum absolute atomic E-state index is 0.00161. The number of hydrogen-bond acceptors (Lipinski definition) is 6. The highest BCUT2D eigenvalue weighted by molar-refractivity contribution is 8.13. The summed E-state index contributed by atoms with van der Waals surface area (Å²) in [5, 5.41) is 2.98. The number of carbonyl (C=O) groups excluding carboxylic acids is 2. The third-order valence-electron chi connectivity index (χ3n) is 2.22. The molecule has 0 aliphatic carbocycles. The molecule has 0 saturated carbocycles. The molecule has 0 radical (unpaired) electrons. The molecule has 1 atom stereocenters. The van der Waals surface area contributed by atoms with Crippen molar-refractivity contribution in [3.8, 4) is 0 Å². The fraction of sp³-hybridized carbons (Fsp3) is 0.615. The number of alkyl carbamates (subject to hydrolysis) is 1. The molecule has 0 aliphatic heterocycles. The number of nitrogens with zero attached hydrogens (tertiary/aromatic N) is 1. The Morgan fingerprint density at radius 3 is 2.67 bits per heavy atom. The Hall–Kier alpha value is -0.790. The lowest BCUT2D eigenvalue weighted by molar-refractivity contribution is -0.109. The summed E-state index contributed by atoms with van der Waals surface area (Å²) in [6.07, 6.45) is 0.107. The van der Waals surface area contributed by atoms with Crippen LogP contribution in [-0.2, 0) is 9.53 Å². The molecule has 21 heavy (non-hydrogen) atoms. The van der Waals surface area contributed by atoms with Gasteiger partial charge in [-0.25, -0.2) is 9.78 Å². The second kappa shape index (κ2) is 8.00. The fourth-order valence-electron chi connectivity index (χ4n) is 1.51. The van der Waals surface area contributed by atoms with E-state index in [9.17, 15) is 9.59 Å². The highest BCUT2D eigenvalue weighted by Crippen LogP contribution is 2.38. The zero-order valence-corrected chi connectivity index (χ0v) is 14.8. The summed E-state index contributed by atoms with van der Waals surface area (Å²) >= 11 is 8.61. The van der Waals surface area contributed by atoms with Gasteiger partial charge in [0.05, 0.1) is 15.6 Å². The highest BCUT2D eigenvalue weighted by Gasteiger charge is 2.21. The summed E-state index contributed by atoms with van der Waals surface area (Å²) in [6.45, 7) is 7.32. The zero-order chi connectivity index (χ0) is 16.0. The van der Waals surface area contributed by atoms with Crippen LogP contribution in [0.5, 0.6) is 0 Å². The molecule has 1 aromatic rings. The van der Waals surface area contributed by atoms with Crippen molar-refractivity contribution in [1.82, 2.24) is 10.3 Å². The number of thioether (sulfide) groups is 1. The van der Waals surface area contributed by atoms with Gasteiger partial charge in [0.2, 0.25) is 0 Å². The average molecular weight is 351 g/mol. The molecular weight excluding hydrogens is 332 g/mol. The van der Waals surface area contributed by atoms with Crippen molar-refractivity contribution in [2.24, 2.45) is 0 Å². The molecule has 1 aromatic heterocycles. The zero-order valence-electron chi connectivity index (χ0n) is 12.4. The van der Waals surface area contributed by atoms with E-state index in [2.05, 4.69) is 10.3 Å². The maximum atomic E-state index is 11.6. The molecule has 1 rings (SSSR count). The van der Waals surface area contributed by atoms with Crippen LogP contribution in [-0.4, -0.2) is 28.3 Å². The van der Waals surface area contributed by atoms with Crippen LogP contribution in [0.3, 0.4) is 0 Å². The quantitative estimate of drug-likeness (QED) is 0.868. The standard InChI is InChI=1S/C13H19ClN2O3S2/c1-8(17)21-9(10-11(14)16-7-20-10)5-6-15-12(18)19-13(2,3)4/h7,9H,5-6H2,1-4H3,(H,15,18). The minimum atomic E-state index is -0.529. The number of carbonyl (C=O) groups is 2. The lowest BCUT2D eigenvalue weighted by Gasteiger charge is -2.20. The second-order valence-electron chi connectivity index (χ2n) is 5.32. The van der Waals surface area contributed by atoms with E-state index < -0.39 is 11.7 Å². The van der Waals surface area contributed by atoms with E-state index in [1.54, 1.807) is 26.3 Å². The van der Waals surface area contributed by atoms with Gasteiger partial charge >= 0.3 is 6.09 Å². The van der Waals surface area contributed by atoms with Crippen LogP contribution in [0.15, 0.2) is 5.51 Å². The van der Waals surface area contributed by atoms with Crippen LogP contribution in [0, 0.1) is 0 Å². The van der Waals surface area contributed by atoms with Crippen molar-refractivity contribution in [2.75, 3.05) is 6.54 Å². The molecule has 1 unspecified atom stereocenters. The number of thiazole rings is 1. The maximum absolute atomic E-state index is 11.6. The van der Waals surface area contributed by atoms with Gasteiger partial charge in [0.25, 0.3) is 0 Å². The molecule has 0 fully saturated rings. The van der Waals surface area contributed by atoms with Crippen LogP contribution >= 0.6 is 34.7 Å². The summed E-state index contributed by atoms with van der Waals surface area (Å²) in [5.41, 5.74) is 1.12. The Bertz CT molecular complexity index is 500. The van der Waals surface area contributed by atoms with Gasteiger partial charge in [-0.3, -0.25) is 4.79 Å². The molecule has 0 aliphatic rings. The maximum Gasteiger partial charge on any atom is 0.407 e. The Kier molecular flexibility index (Phi) is 6.96. The Balaban J connectivity index is 2.53. The van der Waals surface area contributed by atoms with Gasteiger partial charge in [0, 0.05) is 13.5 Å². The smallest absolute Gasteiger partial charge is 0.407 e. The van der Waals surface area contributed by atoms with Crippen LogP contribution in [0.2, 0.25) is 5.15 Å². The van der Waals surface area contributed by atoms with Gasteiger partial charge in [0.15, 0.2) is 5.12 Å². The first-order valence-corrected chi connectivity index (χ1v) is 8.55. The van der Waals surface area contributed by atoms with Gasteiger partial charge in [0.1, 0.15) is 10.8 Å². The Morgan fingerprint density at radius 2 is 2.19 bits per heavy atom. The van der Waals surface area contributed by atoms with Gasteiger partial charge in [-0.05, 0) is 27.2 Å². The molecule has 8 heteroatoms. The van der Waals surface area contributed by atoms with Crippen molar-refractivity contribution in [1.29, 1.82) is 0 Å². The Morgan fingerprint density at radius 1 is 1.52 bits per heavy atom. The predicted molar refractivity (Wildman–Crippen MR) is 87.0 cm³/mol. The summed E-state index contributed by atoms with van der Waals surface area (Å²) in [7, 11) is 0. The summed E-state index contributed by atoms with van der Waals surface area (Å²) in [6, 6.07) is 0. The van der Waals surface area contributed by atoms with Crippen molar-refractivity contribution < 1.29 is 14.3 Å². The lowest BCUT2D eigenvalue weighted by atomic mass is 10.2. The predicted octanol–water partition coefficient (Wildman–Crippen LogP) is 4.03. The lowest BCUT2D eigenvalue weighted by Crippen LogP contribution is -2.33. The molecule has 1 amide bonds.